The summed E-state index contributed by atoms with van der Waals surface area (Å²) in [6.45, 7) is 5.20. The first kappa shape index (κ1) is 25.4. The second-order valence-electron chi connectivity index (χ2n) is 8.78. The van der Waals surface area contributed by atoms with E-state index >= 15 is 0 Å². The number of benzene rings is 2. The van der Waals surface area contributed by atoms with E-state index in [-0.39, 0.29) is 24.5 Å². The highest BCUT2D eigenvalue weighted by Crippen LogP contribution is 2.24. The van der Waals surface area contributed by atoms with Gasteiger partial charge >= 0.3 is 17.8 Å². The molecule has 0 saturated heterocycles. The molecular formula is C25H28N2O8. The van der Waals surface area contributed by atoms with Gasteiger partial charge in [0.05, 0.1) is 7.11 Å². The van der Waals surface area contributed by atoms with Crippen LogP contribution in [0.2, 0.25) is 0 Å². The molecule has 1 aromatic heterocycles. The number of alkyl carbamates (subject to hydrolysis) is 1. The van der Waals surface area contributed by atoms with E-state index in [0.717, 1.165) is 11.1 Å². The first-order valence-electron chi connectivity index (χ1n) is 10.9. The SMILES string of the molecule is COC(=O)C(Cc1ccc(Oc2ccc(Cc3oc(=O)[nH]c3O)cc2)cc1)NC(=O)OC(C)(C)C. The Hall–Kier alpha value is -4.21. The zero-order valence-corrected chi connectivity index (χ0v) is 19.9. The summed E-state index contributed by atoms with van der Waals surface area (Å²) in [5, 5.41) is 12.2. The second kappa shape index (κ2) is 10.8. The minimum absolute atomic E-state index is 0.158. The van der Waals surface area contributed by atoms with Crippen molar-refractivity contribution in [2.75, 3.05) is 7.11 Å². The van der Waals surface area contributed by atoms with E-state index in [1.54, 1.807) is 69.3 Å². The maximum absolute atomic E-state index is 12.1. The number of aromatic nitrogens is 1. The van der Waals surface area contributed by atoms with Gasteiger partial charge in [-0.05, 0) is 56.2 Å². The molecule has 10 nitrogen and oxygen atoms in total. The monoisotopic (exact) mass is 484 g/mol. The summed E-state index contributed by atoms with van der Waals surface area (Å²) >= 11 is 0. The number of methoxy groups -OCH3 is 1. The van der Waals surface area contributed by atoms with Crippen molar-refractivity contribution in [1.29, 1.82) is 0 Å². The third kappa shape index (κ3) is 7.66. The van der Waals surface area contributed by atoms with Gasteiger partial charge in [-0.2, -0.15) is 0 Å². The van der Waals surface area contributed by atoms with Gasteiger partial charge < -0.3 is 29.1 Å². The van der Waals surface area contributed by atoms with Crippen LogP contribution in [0.5, 0.6) is 17.4 Å². The molecule has 0 aliphatic rings. The van der Waals surface area contributed by atoms with E-state index in [9.17, 15) is 19.5 Å². The van der Waals surface area contributed by atoms with Crippen LogP contribution >= 0.6 is 0 Å². The second-order valence-corrected chi connectivity index (χ2v) is 8.78. The molecular weight excluding hydrogens is 456 g/mol. The largest absolute Gasteiger partial charge is 0.492 e. The number of ether oxygens (including phenoxy) is 3. The van der Waals surface area contributed by atoms with Crippen LogP contribution in [0, 0.1) is 0 Å². The molecule has 3 aromatic rings. The lowest BCUT2D eigenvalue weighted by atomic mass is 10.1. The predicted molar refractivity (Wildman–Crippen MR) is 126 cm³/mol. The van der Waals surface area contributed by atoms with Crippen molar-refractivity contribution in [3.05, 3.63) is 76.0 Å². The number of aromatic amines is 1. The molecule has 0 bridgehead atoms. The molecule has 186 valence electrons. The minimum Gasteiger partial charge on any atom is -0.492 e. The fraction of sp³-hybridized carbons (Fsp3) is 0.320. The summed E-state index contributed by atoms with van der Waals surface area (Å²) in [5.41, 5.74) is 0.908. The number of rotatable bonds is 8. The Kier molecular flexibility index (Phi) is 7.85. The van der Waals surface area contributed by atoms with E-state index in [4.69, 9.17) is 18.6 Å². The van der Waals surface area contributed by atoms with Crippen LogP contribution in [0.1, 0.15) is 37.7 Å². The lowest BCUT2D eigenvalue weighted by molar-refractivity contribution is -0.143. The number of amides is 1. The maximum Gasteiger partial charge on any atom is 0.419 e. The molecule has 0 saturated carbocycles. The van der Waals surface area contributed by atoms with Crippen LogP contribution < -0.4 is 15.8 Å². The van der Waals surface area contributed by atoms with E-state index in [1.165, 1.54) is 7.11 Å². The van der Waals surface area contributed by atoms with E-state index < -0.39 is 29.5 Å². The highest BCUT2D eigenvalue weighted by atomic mass is 16.6. The summed E-state index contributed by atoms with van der Waals surface area (Å²) in [4.78, 5) is 37.5. The Labute approximate surface area is 201 Å². The normalized spacial score (nSPS) is 12.0. The van der Waals surface area contributed by atoms with Gasteiger partial charge in [0.25, 0.3) is 0 Å². The number of H-pyrrole nitrogens is 1. The van der Waals surface area contributed by atoms with E-state index in [2.05, 4.69) is 10.3 Å². The topological polar surface area (TPSA) is 140 Å². The highest BCUT2D eigenvalue weighted by molar-refractivity contribution is 5.81. The smallest absolute Gasteiger partial charge is 0.419 e. The number of carbonyl (C=O) groups excluding carboxylic acids is 2. The molecule has 2 aromatic carbocycles. The summed E-state index contributed by atoms with van der Waals surface area (Å²) in [6.07, 6.45) is -0.244. The molecule has 1 heterocycles. The first-order valence-corrected chi connectivity index (χ1v) is 10.9. The van der Waals surface area contributed by atoms with Gasteiger partial charge in [-0.3, -0.25) is 4.98 Å². The molecule has 1 unspecified atom stereocenters. The zero-order chi connectivity index (χ0) is 25.6. The van der Waals surface area contributed by atoms with Crippen molar-refractivity contribution in [3.8, 4) is 17.4 Å². The summed E-state index contributed by atoms with van der Waals surface area (Å²) in [5.74, 6) is -0.259. The quantitative estimate of drug-likeness (QED) is 0.412. The van der Waals surface area contributed by atoms with Crippen molar-refractivity contribution < 1.29 is 33.3 Å². The molecule has 0 spiro atoms. The fourth-order valence-corrected chi connectivity index (χ4v) is 3.18. The number of hydrogen-bond donors (Lipinski definition) is 3. The van der Waals surface area contributed by atoms with Crippen LogP contribution in [-0.2, 0) is 27.1 Å². The van der Waals surface area contributed by atoms with Crippen molar-refractivity contribution in [2.24, 2.45) is 0 Å². The van der Waals surface area contributed by atoms with Gasteiger partial charge in [0, 0.05) is 12.8 Å². The molecule has 3 rings (SSSR count). The van der Waals surface area contributed by atoms with E-state index in [0.29, 0.717) is 11.5 Å². The van der Waals surface area contributed by atoms with Crippen LogP contribution in [-0.4, -0.2) is 40.9 Å². The molecule has 0 radical (unpaired) electrons. The molecule has 1 atom stereocenters. The number of carbonyl (C=O) groups is 2. The molecule has 0 fully saturated rings. The first-order chi connectivity index (χ1) is 16.5. The van der Waals surface area contributed by atoms with Gasteiger partial charge in [-0.1, -0.05) is 24.3 Å². The molecule has 0 aliphatic heterocycles. The summed E-state index contributed by atoms with van der Waals surface area (Å²) < 4.78 is 20.8. The van der Waals surface area contributed by atoms with Crippen molar-refractivity contribution in [1.82, 2.24) is 10.3 Å². The van der Waals surface area contributed by atoms with Gasteiger partial charge in [0.15, 0.2) is 5.76 Å². The van der Waals surface area contributed by atoms with Gasteiger partial charge in [0.2, 0.25) is 5.88 Å². The Balaban J connectivity index is 1.60. The van der Waals surface area contributed by atoms with Gasteiger partial charge in [-0.15, -0.1) is 0 Å². The van der Waals surface area contributed by atoms with Crippen molar-refractivity contribution in [2.45, 2.75) is 45.3 Å². The number of hydrogen-bond acceptors (Lipinski definition) is 8. The van der Waals surface area contributed by atoms with Gasteiger partial charge in [0.1, 0.15) is 23.1 Å². The van der Waals surface area contributed by atoms with Crippen LogP contribution in [0.4, 0.5) is 4.79 Å². The Morgan fingerprint density at radius 3 is 2.09 bits per heavy atom. The number of aromatic hydroxyl groups is 1. The van der Waals surface area contributed by atoms with Crippen molar-refractivity contribution in [3.63, 3.8) is 0 Å². The molecule has 0 aliphatic carbocycles. The van der Waals surface area contributed by atoms with Crippen molar-refractivity contribution >= 4 is 12.1 Å². The lowest BCUT2D eigenvalue weighted by Crippen LogP contribution is -2.45. The molecule has 1 amide bonds. The zero-order valence-electron chi connectivity index (χ0n) is 19.9. The standard InChI is InChI=1S/C25H28N2O8/c1-25(2,3)35-24(31)26-19(22(29)32-4)13-15-5-9-17(10-6-15)33-18-11-7-16(8-12-18)14-20-21(28)27-23(30)34-20/h5-12,19,28H,13-14H2,1-4H3,(H,26,31)(H,27,30). The Morgan fingerprint density at radius 2 is 1.60 bits per heavy atom. The van der Waals surface area contributed by atoms with Crippen LogP contribution in [0.3, 0.4) is 0 Å². The average Bonchev–Trinajstić information content (AvgIpc) is 3.10. The summed E-state index contributed by atoms with van der Waals surface area (Å²) in [6, 6.07) is 13.2. The third-order valence-corrected chi connectivity index (χ3v) is 4.76. The minimum atomic E-state index is -0.905. The third-order valence-electron chi connectivity index (χ3n) is 4.76. The number of nitrogens with one attached hydrogen (secondary N) is 2. The number of esters is 1. The Bertz CT molecular complexity index is 1200. The average molecular weight is 485 g/mol. The highest BCUT2D eigenvalue weighted by Gasteiger charge is 2.25. The molecule has 35 heavy (non-hydrogen) atoms. The fourth-order valence-electron chi connectivity index (χ4n) is 3.18. The predicted octanol–water partition coefficient (Wildman–Crippen LogP) is 3.67. The van der Waals surface area contributed by atoms with Crippen LogP contribution in [0.25, 0.3) is 0 Å². The number of oxazole rings is 1. The van der Waals surface area contributed by atoms with Gasteiger partial charge in [-0.25, -0.2) is 14.4 Å². The maximum atomic E-state index is 12.1. The Morgan fingerprint density at radius 1 is 1.03 bits per heavy atom. The van der Waals surface area contributed by atoms with Crippen LogP contribution in [0.15, 0.2) is 57.7 Å². The summed E-state index contributed by atoms with van der Waals surface area (Å²) in [7, 11) is 1.26. The molecule has 3 N–H and O–H groups in total. The van der Waals surface area contributed by atoms with E-state index in [1.807, 2.05) is 0 Å². The molecule has 10 heteroatoms. The lowest BCUT2D eigenvalue weighted by Gasteiger charge is -2.22.